The van der Waals surface area contributed by atoms with Gasteiger partial charge in [-0.05, 0) is 38.0 Å². The average Bonchev–Trinajstić information content (AvgIpc) is 2.98. The minimum absolute atomic E-state index is 0.214. The van der Waals surface area contributed by atoms with E-state index in [1.54, 1.807) is 19.1 Å². The molecule has 0 spiro atoms. The van der Waals surface area contributed by atoms with Crippen LogP contribution in [0.4, 0.5) is 0 Å². The Labute approximate surface area is 138 Å². The Kier molecular flexibility index (Phi) is 6.24. The van der Waals surface area contributed by atoms with Gasteiger partial charge in [0.25, 0.3) is 5.91 Å². The molecular weight excluding hydrogens is 350 g/mol. The van der Waals surface area contributed by atoms with Crippen LogP contribution in [-0.2, 0) is 14.3 Å². The van der Waals surface area contributed by atoms with Crippen molar-refractivity contribution in [1.29, 1.82) is 0 Å². The van der Waals surface area contributed by atoms with Gasteiger partial charge in [0.05, 0.1) is 0 Å². The second-order valence-electron chi connectivity index (χ2n) is 5.37. The standard InChI is InChI=1S/C16H20BrNO4/c1-11(16(20)18-13-6-2-3-7-13)22-15(19)10-21-14-8-4-5-12(17)9-14/h4-5,8-9,11,13H,2-3,6-7,10H2,1H3,(H,18,20)/t11-/m1/s1. The van der Waals surface area contributed by atoms with Crippen LogP contribution in [0.2, 0.25) is 0 Å². The van der Waals surface area contributed by atoms with Crippen molar-refractivity contribution in [3.05, 3.63) is 28.7 Å². The molecule has 1 aliphatic rings. The lowest BCUT2D eigenvalue weighted by molar-refractivity contribution is -0.156. The lowest BCUT2D eigenvalue weighted by atomic mass is 10.2. The number of amides is 1. The van der Waals surface area contributed by atoms with Gasteiger partial charge in [0, 0.05) is 10.5 Å². The molecule has 0 heterocycles. The maximum atomic E-state index is 11.9. The number of hydrogen-bond donors (Lipinski definition) is 1. The topological polar surface area (TPSA) is 64.6 Å². The summed E-state index contributed by atoms with van der Waals surface area (Å²) in [6, 6.07) is 7.38. The molecule has 1 aromatic carbocycles. The molecule has 2 rings (SSSR count). The van der Waals surface area contributed by atoms with Crippen molar-refractivity contribution in [3.8, 4) is 5.75 Å². The molecule has 120 valence electrons. The summed E-state index contributed by atoms with van der Waals surface area (Å²) < 4.78 is 11.3. The maximum absolute atomic E-state index is 11.9. The molecule has 1 aliphatic carbocycles. The number of ether oxygens (including phenoxy) is 2. The molecule has 5 nitrogen and oxygen atoms in total. The molecule has 1 saturated carbocycles. The quantitative estimate of drug-likeness (QED) is 0.783. The zero-order valence-electron chi connectivity index (χ0n) is 12.5. The van der Waals surface area contributed by atoms with E-state index in [0.717, 1.165) is 30.2 Å². The van der Waals surface area contributed by atoms with Gasteiger partial charge in [0.1, 0.15) is 5.75 Å². The Hall–Kier alpha value is -1.56. The van der Waals surface area contributed by atoms with Crippen molar-refractivity contribution in [1.82, 2.24) is 5.32 Å². The zero-order valence-corrected chi connectivity index (χ0v) is 14.1. The zero-order chi connectivity index (χ0) is 15.9. The number of esters is 1. The molecule has 0 bridgehead atoms. The minimum atomic E-state index is -0.806. The highest BCUT2D eigenvalue weighted by molar-refractivity contribution is 9.10. The van der Waals surface area contributed by atoms with Crippen LogP contribution >= 0.6 is 15.9 Å². The predicted octanol–water partition coefficient (Wildman–Crippen LogP) is 2.82. The van der Waals surface area contributed by atoms with Crippen LogP contribution in [0.5, 0.6) is 5.75 Å². The van der Waals surface area contributed by atoms with E-state index in [1.165, 1.54) is 0 Å². The van der Waals surface area contributed by atoms with E-state index in [-0.39, 0.29) is 18.6 Å². The molecule has 0 saturated heterocycles. The molecule has 6 heteroatoms. The smallest absolute Gasteiger partial charge is 0.344 e. The summed E-state index contributed by atoms with van der Waals surface area (Å²) in [6.07, 6.45) is 3.47. The summed E-state index contributed by atoms with van der Waals surface area (Å²) in [4.78, 5) is 23.6. The van der Waals surface area contributed by atoms with E-state index in [4.69, 9.17) is 9.47 Å². The fourth-order valence-corrected chi connectivity index (χ4v) is 2.75. The first kappa shape index (κ1) is 16.8. The maximum Gasteiger partial charge on any atom is 0.344 e. The van der Waals surface area contributed by atoms with Gasteiger partial charge in [-0.1, -0.05) is 34.8 Å². The van der Waals surface area contributed by atoms with Gasteiger partial charge in [-0.15, -0.1) is 0 Å². The lowest BCUT2D eigenvalue weighted by Gasteiger charge is -2.17. The van der Waals surface area contributed by atoms with Crippen molar-refractivity contribution in [3.63, 3.8) is 0 Å². The molecule has 0 aromatic heterocycles. The Morgan fingerprint density at radius 1 is 1.36 bits per heavy atom. The van der Waals surface area contributed by atoms with Gasteiger partial charge in [0.15, 0.2) is 12.7 Å². The second-order valence-corrected chi connectivity index (χ2v) is 6.28. The monoisotopic (exact) mass is 369 g/mol. The Morgan fingerprint density at radius 3 is 2.77 bits per heavy atom. The largest absolute Gasteiger partial charge is 0.482 e. The molecule has 1 amide bonds. The minimum Gasteiger partial charge on any atom is -0.482 e. The van der Waals surface area contributed by atoms with Crippen LogP contribution in [0.15, 0.2) is 28.7 Å². The summed E-state index contributed by atoms with van der Waals surface area (Å²) in [6.45, 7) is 1.35. The van der Waals surface area contributed by atoms with E-state index >= 15 is 0 Å². The SMILES string of the molecule is C[C@@H](OC(=O)COc1cccc(Br)c1)C(=O)NC1CCCC1. The van der Waals surface area contributed by atoms with Gasteiger partial charge >= 0.3 is 5.97 Å². The van der Waals surface area contributed by atoms with Crippen LogP contribution in [0.3, 0.4) is 0 Å². The Bertz CT molecular complexity index is 529. The second kappa shape index (κ2) is 8.17. The fraction of sp³-hybridized carbons (Fsp3) is 0.500. The number of carbonyl (C=O) groups excluding carboxylic acids is 2. The highest BCUT2D eigenvalue weighted by Crippen LogP contribution is 2.18. The molecule has 0 aliphatic heterocycles. The number of carbonyl (C=O) groups is 2. The number of hydrogen-bond acceptors (Lipinski definition) is 4. The Morgan fingerprint density at radius 2 is 2.09 bits per heavy atom. The Balaban J connectivity index is 1.72. The number of halogens is 1. The van der Waals surface area contributed by atoms with Gasteiger partial charge in [-0.3, -0.25) is 4.79 Å². The number of nitrogens with one attached hydrogen (secondary N) is 1. The van der Waals surface area contributed by atoms with Crippen LogP contribution in [0.1, 0.15) is 32.6 Å². The third kappa shape index (κ3) is 5.33. The predicted molar refractivity (Wildman–Crippen MR) is 85.6 cm³/mol. The van der Waals surface area contributed by atoms with Crippen molar-refractivity contribution in [2.24, 2.45) is 0 Å². The average molecular weight is 370 g/mol. The summed E-state index contributed by atoms with van der Waals surface area (Å²) in [5.41, 5.74) is 0. The van der Waals surface area contributed by atoms with Gasteiger partial charge in [-0.25, -0.2) is 4.79 Å². The summed E-state index contributed by atoms with van der Waals surface area (Å²) >= 11 is 3.32. The molecular formula is C16H20BrNO4. The first-order valence-electron chi connectivity index (χ1n) is 7.43. The summed E-state index contributed by atoms with van der Waals surface area (Å²) in [7, 11) is 0. The highest BCUT2D eigenvalue weighted by Gasteiger charge is 2.23. The lowest BCUT2D eigenvalue weighted by Crippen LogP contribution is -2.41. The van der Waals surface area contributed by atoms with Crippen LogP contribution in [0, 0.1) is 0 Å². The van der Waals surface area contributed by atoms with Crippen LogP contribution < -0.4 is 10.1 Å². The third-order valence-corrected chi connectivity index (χ3v) is 4.03. The van der Waals surface area contributed by atoms with Crippen molar-refractivity contribution >= 4 is 27.8 Å². The fourth-order valence-electron chi connectivity index (χ4n) is 2.37. The van der Waals surface area contributed by atoms with E-state index in [1.807, 2.05) is 12.1 Å². The van der Waals surface area contributed by atoms with Gasteiger partial charge in [0.2, 0.25) is 0 Å². The first-order chi connectivity index (χ1) is 10.5. The van der Waals surface area contributed by atoms with Crippen molar-refractivity contribution < 1.29 is 19.1 Å². The van der Waals surface area contributed by atoms with Gasteiger partial charge < -0.3 is 14.8 Å². The summed E-state index contributed by atoms with van der Waals surface area (Å²) in [5, 5.41) is 2.90. The highest BCUT2D eigenvalue weighted by atomic mass is 79.9. The number of benzene rings is 1. The molecule has 1 atom stereocenters. The van der Waals surface area contributed by atoms with E-state index < -0.39 is 12.1 Å². The number of rotatable bonds is 6. The van der Waals surface area contributed by atoms with Crippen molar-refractivity contribution in [2.45, 2.75) is 44.8 Å². The van der Waals surface area contributed by atoms with Crippen LogP contribution in [-0.4, -0.2) is 30.6 Å². The molecule has 0 radical (unpaired) electrons. The molecule has 1 aromatic rings. The van der Waals surface area contributed by atoms with E-state index in [9.17, 15) is 9.59 Å². The molecule has 0 unspecified atom stereocenters. The normalized spacial score (nSPS) is 16.1. The van der Waals surface area contributed by atoms with E-state index in [2.05, 4.69) is 21.2 Å². The molecule has 22 heavy (non-hydrogen) atoms. The van der Waals surface area contributed by atoms with Gasteiger partial charge in [-0.2, -0.15) is 0 Å². The molecule has 1 fully saturated rings. The first-order valence-corrected chi connectivity index (χ1v) is 8.22. The third-order valence-electron chi connectivity index (χ3n) is 3.53. The van der Waals surface area contributed by atoms with E-state index in [0.29, 0.717) is 5.75 Å². The van der Waals surface area contributed by atoms with Crippen LogP contribution in [0.25, 0.3) is 0 Å². The van der Waals surface area contributed by atoms with Crippen molar-refractivity contribution in [2.75, 3.05) is 6.61 Å². The molecule has 1 N–H and O–H groups in total. The summed E-state index contributed by atoms with van der Waals surface area (Å²) in [5.74, 6) is -0.244.